The van der Waals surface area contributed by atoms with Gasteiger partial charge in [-0.25, -0.2) is 4.79 Å². The van der Waals surface area contributed by atoms with Crippen LogP contribution < -0.4 is 5.56 Å². The van der Waals surface area contributed by atoms with Gasteiger partial charge in [0.2, 0.25) is 0 Å². The summed E-state index contributed by atoms with van der Waals surface area (Å²) in [7, 11) is 0. The van der Waals surface area contributed by atoms with Crippen LogP contribution in [0, 0.1) is 25.2 Å². The molecule has 0 saturated heterocycles. The highest BCUT2D eigenvalue weighted by atomic mass is 16.4. The Hall–Kier alpha value is -2.87. The van der Waals surface area contributed by atoms with Gasteiger partial charge in [-0.2, -0.15) is 5.26 Å². The van der Waals surface area contributed by atoms with Crippen LogP contribution in [0.3, 0.4) is 0 Å². The molecule has 0 spiro atoms. The number of carboxylic acids is 1. The molecule has 0 aliphatic rings. The van der Waals surface area contributed by atoms with Crippen molar-refractivity contribution in [1.29, 1.82) is 5.26 Å². The first kappa shape index (κ1) is 14.5. The highest BCUT2D eigenvalue weighted by Gasteiger charge is 2.16. The molecule has 0 unspecified atom stereocenters. The lowest BCUT2D eigenvalue weighted by Gasteiger charge is -2.13. The van der Waals surface area contributed by atoms with Gasteiger partial charge in [0.15, 0.2) is 0 Å². The van der Waals surface area contributed by atoms with Crippen molar-refractivity contribution in [3.8, 4) is 6.07 Å². The van der Waals surface area contributed by atoms with Crippen LogP contribution in [0.4, 0.5) is 0 Å². The number of nitriles is 1. The molecular weight excluding hydrogens is 268 g/mol. The summed E-state index contributed by atoms with van der Waals surface area (Å²) in [5.74, 6) is -1.22. The number of rotatable bonds is 3. The molecule has 1 N–H and O–H groups in total. The molecule has 0 bridgehead atoms. The fourth-order valence-corrected chi connectivity index (χ4v) is 2.31. The second kappa shape index (κ2) is 5.63. The number of benzene rings is 1. The highest BCUT2D eigenvalue weighted by molar-refractivity contribution is 5.88. The molecule has 0 amide bonds. The lowest BCUT2D eigenvalue weighted by molar-refractivity contribution is 0.0693. The minimum Gasteiger partial charge on any atom is -0.477 e. The molecule has 5 nitrogen and oxygen atoms in total. The minimum atomic E-state index is -1.22. The van der Waals surface area contributed by atoms with E-state index in [2.05, 4.69) is 0 Å². The van der Waals surface area contributed by atoms with Crippen molar-refractivity contribution in [2.75, 3.05) is 0 Å². The molecule has 1 aromatic carbocycles. The molecule has 2 aromatic rings. The molecule has 1 heterocycles. The number of aromatic nitrogens is 1. The highest BCUT2D eigenvalue weighted by Crippen LogP contribution is 2.10. The zero-order valence-electron chi connectivity index (χ0n) is 11.8. The van der Waals surface area contributed by atoms with Gasteiger partial charge in [-0.05, 0) is 43.2 Å². The van der Waals surface area contributed by atoms with Crippen LogP contribution in [0.2, 0.25) is 0 Å². The van der Waals surface area contributed by atoms with Gasteiger partial charge in [-0.3, -0.25) is 4.79 Å². The first-order valence-electron chi connectivity index (χ1n) is 6.37. The van der Waals surface area contributed by atoms with Crippen molar-refractivity contribution in [1.82, 2.24) is 4.57 Å². The summed E-state index contributed by atoms with van der Waals surface area (Å²) >= 11 is 0. The van der Waals surface area contributed by atoms with Gasteiger partial charge in [-0.15, -0.1) is 0 Å². The Morgan fingerprint density at radius 1 is 1.33 bits per heavy atom. The summed E-state index contributed by atoms with van der Waals surface area (Å²) in [6.07, 6.45) is 0. The number of nitrogens with zero attached hydrogens (tertiary/aromatic N) is 2. The third-order valence-electron chi connectivity index (χ3n) is 3.32. The maximum absolute atomic E-state index is 12.3. The number of hydrogen-bond donors (Lipinski definition) is 1. The SMILES string of the molecule is Cc1cc(C)n(Cc2cccc(C#N)c2)c(=O)c1C(=O)O. The molecule has 5 heteroatoms. The van der Waals surface area contributed by atoms with Crippen molar-refractivity contribution in [2.24, 2.45) is 0 Å². The standard InChI is InChI=1S/C16H14N2O3/c1-10-6-11(2)18(15(19)14(10)16(20)21)9-13-5-3-4-12(7-13)8-17/h3-7H,9H2,1-2H3,(H,20,21). The van der Waals surface area contributed by atoms with Gasteiger partial charge < -0.3 is 9.67 Å². The monoisotopic (exact) mass is 282 g/mol. The Morgan fingerprint density at radius 2 is 2.05 bits per heavy atom. The van der Waals surface area contributed by atoms with Crippen LogP contribution in [0.1, 0.15) is 32.7 Å². The van der Waals surface area contributed by atoms with Crippen LogP contribution in [-0.2, 0) is 6.54 Å². The van der Waals surface area contributed by atoms with E-state index in [9.17, 15) is 9.59 Å². The van der Waals surface area contributed by atoms with Gasteiger partial charge in [-0.1, -0.05) is 12.1 Å². The molecule has 21 heavy (non-hydrogen) atoms. The van der Waals surface area contributed by atoms with E-state index in [-0.39, 0.29) is 12.1 Å². The average Bonchev–Trinajstić information content (AvgIpc) is 2.43. The van der Waals surface area contributed by atoms with E-state index in [1.165, 1.54) is 4.57 Å². The van der Waals surface area contributed by atoms with Crippen molar-refractivity contribution < 1.29 is 9.90 Å². The smallest absolute Gasteiger partial charge is 0.341 e. The Labute approximate surface area is 121 Å². The molecule has 1 aromatic heterocycles. The Kier molecular flexibility index (Phi) is 3.90. The predicted octanol–water partition coefficient (Wildman–Crippen LogP) is 2.08. The predicted molar refractivity (Wildman–Crippen MR) is 77.4 cm³/mol. The first-order valence-corrected chi connectivity index (χ1v) is 6.37. The van der Waals surface area contributed by atoms with Crippen LogP contribution in [-0.4, -0.2) is 15.6 Å². The molecule has 0 aliphatic heterocycles. The van der Waals surface area contributed by atoms with Crippen LogP contribution in [0.5, 0.6) is 0 Å². The fraction of sp³-hybridized carbons (Fsp3) is 0.188. The van der Waals surface area contributed by atoms with Crippen molar-refractivity contribution in [2.45, 2.75) is 20.4 Å². The normalized spacial score (nSPS) is 10.1. The van der Waals surface area contributed by atoms with Gasteiger partial charge in [0.05, 0.1) is 18.2 Å². The molecule has 106 valence electrons. The van der Waals surface area contributed by atoms with Crippen molar-refractivity contribution in [3.63, 3.8) is 0 Å². The van der Waals surface area contributed by atoms with Gasteiger partial charge in [0, 0.05) is 5.69 Å². The zero-order chi connectivity index (χ0) is 15.6. The third-order valence-corrected chi connectivity index (χ3v) is 3.32. The molecule has 0 atom stereocenters. The molecule has 0 fully saturated rings. The van der Waals surface area contributed by atoms with E-state index in [1.807, 2.05) is 6.07 Å². The molecule has 0 saturated carbocycles. The summed E-state index contributed by atoms with van der Waals surface area (Å²) in [5, 5.41) is 18.0. The second-order valence-electron chi connectivity index (χ2n) is 4.85. The van der Waals surface area contributed by atoms with E-state index < -0.39 is 11.5 Å². The number of pyridine rings is 1. The van der Waals surface area contributed by atoms with E-state index in [0.717, 1.165) is 5.56 Å². The minimum absolute atomic E-state index is 0.211. The lowest BCUT2D eigenvalue weighted by Crippen LogP contribution is -2.29. The van der Waals surface area contributed by atoms with Crippen LogP contribution >= 0.6 is 0 Å². The number of aryl methyl sites for hydroxylation is 2. The third kappa shape index (κ3) is 2.84. The molecule has 0 aliphatic carbocycles. The van der Waals surface area contributed by atoms with Crippen LogP contribution in [0.25, 0.3) is 0 Å². The molecular formula is C16H14N2O3. The Morgan fingerprint density at radius 3 is 2.67 bits per heavy atom. The lowest BCUT2D eigenvalue weighted by atomic mass is 10.1. The topological polar surface area (TPSA) is 83.1 Å². The van der Waals surface area contributed by atoms with E-state index in [1.54, 1.807) is 44.2 Å². The largest absolute Gasteiger partial charge is 0.477 e. The molecule has 2 rings (SSSR count). The van der Waals surface area contributed by atoms with Gasteiger partial charge in [0.1, 0.15) is 5.56 Å². The van der Waals surface area contributed by atoms with Crippen molar-refractivity contribution >= 4 is 5.97 Å². The maximum Gasteiger partial charge on any atom is 0.341 e. The first-order chi connectivity index (χ1) is 9.93. The van der Waals surface area contributed by atoms with Crippen molar-refractivity contribution in [3.05, 3.63) is 68.6 Å². The summed E-state index contributed by atoms with van der Waals surface area (Å²) in [6.45, 7) is 3.60. The van der Waals surface area contributed by atoms with E-state index in [4.69, 9.17) is 10.4 Å². The van der Waals surface area contributed by atoms with E-state index in [0.29, 0.717) is 16.8 Å². The number of carboxylic acid groups (broad SMARTS) is 1. The maximum atomic E-state index is 12.3. The summed E-state index contributed by atoms with van der Waals surface area (Å²) in [6, 6.07) is 10.6. The summed E-state index contributed by atoms with van der Waals surface area (Å²) in [4.78, 5) is 23.5. The summed E-state index contributed by atoms with van der Waals surface area (Å²) in [5.41, 5.74) is 1.68. The Bertz CT molecular complexity index is 813. The number of hydrogen-bond acceptors (Lipinski definition) is 3. The van der Waals surface area contributed by atoms with Gasteiger partial charge in [0.25, 0.3) is 5.56 Å². The number of carbonyl (C=O) groups is 1. The zero-order valence-corrected chi connectivity index (χ0v) is 11.8. The van der Waals surface area contributed by atoms with Gasteiger partial charge >= 0.3 is 5.97 Å². The van der Waals surface area contributed by atoms with Crippen LogP contribution in [0.15, 0.2) is 35.1 Å². The fourth-order valence-electron chi connectivity index (χ4n) is 2.31. The number of aromatic carboxylic acids is 1. The quantitative estimate of drug-likeness (QED) is 0.934. The molecule has 0 radical (unpaired) electrons. The second-order valence-corrected chi connectivity index (χ2v) is 4.85. The van der Waals surface area contributed by atoms with E-state index >= 15 is 0 Å². The Balaban J connectivity index is 2.55. The summed E-state index contributed by atoms with van der Waals surface area (Å²) < 4.78 is 1.41. The average molecular weight is 282 g/mol.